The molecule has 2 aliphatic carbocycles. The van der Waals surface area contributed by atoms with Gasteiger partial charge in [-0.2, -0.15) is 0 Å². The Bertz CT molecular complexity index is 287. The van der Waals surface area contributed by atoms with Crippen molar-refractivity contribution in [3.63, 3.8) is 0 Å². The highest BCUT2D eigenvalue weighted by molar-refractivity contribution is 4.91. The SMILES string of the molecule is CC(C)(C)C1CCCC(NCC2CC=CCC2)CC1. The van der Waals surface area contributed by atoms with Crippen molar-refractivity contribution in [1.82, 2.24) is 5.32 Å². The van der Waals surface area contributed by atoms with E-state index in [4.69, 9.17) is 0 Å². The Morgan fingerprint density at radius 1 is 1.00 bits per heavy atom. The third kappa shape index (κ3) is 4.95. The van der Waals surface area contributed by atoms with Crippen molar-refractivity contribution >= 4 is 0 Å². The molecule has 0 aromatic carbocycles. The second-order valence-electron chi connectivity index (χ2n) is 7.83. The maximum atomic E-state index is 3.87. The summed E-state index contributed by atoms with van der Waals surface area (Å²) in [4.78, 5) is 0. The van der Waals surface area contributed by atoms with Crippen LogP contribution < -0.4 is 5.32 Å². The van der Waals surface area contributed by atoms with Crippen LogP contribution in [0, 0.1) is 17.3 Å². The van der Waals surface area contributed by atoms with Gasteiger partial charge in [-0.3, -0.25) is 0 Å². The van der Waals surface area contributed by atoms with Crippen LogP contribution >= 0.6 is 0 Å². The minimum Gasteiger partial charge on any atom is -0.314 e. The summed E-state index contributed by atoms with van der Waals surface area (Å²) in [6.07, 6.45) is 15.8. The normalized spacial score (nSPS) is 33.1. The Kier molecular flexibility index (Phi) is 5.50. The van der Waals surface area contributed by atoms with Crippen LogP contribution in [0.5, 0.6) is 0 Å². The Hall–Kier alpha value is -0.300. The topological polar surface area (TPSA) is 12.0 Å². The molecule has 0 heterocycles. The van der Waals surface area contributed by atoms with Crippen LogP contribution in [-0.4, -0.2) is 12.6 Å². The fraction of sp³-hybridized carbons (Fsp3) is 0.889. The molecular weight excluding hydrogens is 230 g/mol. The summed E-state index contributed by atoms with van der Waals surface area (Å²) in [5.74, 6) is 1.82. The summed E-state index contributed by atoms with van der Waals surface area (Å²) in [5, 5.41) is 3.87. The zero-order valence-electron chi connectivity index (χ0n) is 13.3. The lowest BCUT2D eigenvalue weighted by molar-refractivity contribution is 0.213. The summed E-state index contributed by atoms with van der Waals surface area (Å²) in [6.45, 7) is 8.49. The van der Waals surface area contributed by atoms with E-state index in [2.05, 4.69) is 38.2 Å². The first-order valence-corrected chi connectivity index (χ1v) is 8.44. The van der Waals surface area contributed by atoms with Crippen molar-refractivity contribution in [1.29, 1.82) is 0 Å². The molecule has 1 saturated carbocycles. The first-order chi connectivity index (χ1) is 9.05. The number of nitrogens with one attached hydrogen (secondary N) is 1. The maximum Gasteiger partial charge on any atom is 0.00672 e. The molecule has 0 aromatic heterocycles. The molecule has 1 nitrogen and oxygen atoms in total. The smallest absolute Gasteiger partial charge is 0.00672 e. The van der Waals surface area contributed by atoms with E-state index in [0.717, 1.165) is 17.9 Å². The highest BCUT2D eigenvalue weighted by Gasteiger charge is 2.27. The molecule has 0 amide bonds. The molecule has 0 radical (unpaired) electrons. The first kappa shape index (κ1) is 15.1. The molecule has 0 aliphatic heterocycles. The highest BCUT2D eigenvalue weighted by atomic mass is 14.9. The van der Waals surface area contributed by atoms with E-state index in [-0.39, 0.29) is 0 Å². The van der Waals surface area contributed by atoms with Gasteiger partial charge in [-0.05, 0) is 68.7 Å². The van der Waals surface area contributed by atoms with E-state index in [1.807, 2.05) is 0 Å². The maximum absolute atomic E-state index is 3.87. The Morgan fingerprint density at radius 3 is 2.53 bits per heavy atom. The summed E-state index contributed by atoms with van der Waals surface area (Å²) in [7, 11) is 0. The molecule has 3 atom stereocenters. The zero-order valence-corrected chi connectivity index (χ0v) is 13.3. The molecule has 2 aliphatic rings. The lowest BCUT2D eigenvalue weighted by Gasteiger charge is -2.30. The Morgan fingerprint density at radius 2 is 1.84 bits per heavy atom. The van der Waals surface area contributed by atoms with Crippen LogP contribution in [0.15, 0.2) is 12.2 Å². The van der Waals surface area contributed by atoms with E-state index in [9.17, 15) is 0 Å². The Labute approximate surface area is 120 Å². The van der Waals surface area contributed by atoms with Gasteiger partial charge in [0.05, 0.1) is 0 Å². The number of hydrogen-bond donors (Lipinski definition) is 1. The van der Waals surface area contributed by atoms with E-state index >= 15 is 0 Å². The van der Waals surface area contributed by atoms with Crippen molar-refractivity contribution in [2.45, 2.75) is 78.2 Å². The number of allylic oxidation sites excluding steroid dienone is 2. The van der Waals surface area contributed by atoms with Crippen molar-refractivity contribution in [2.75, 3.05) is 6.54 Å². The van der Waals surface area contributed by atoms with Gasteiger partial charge in [-0.25, -0.2) is 0 Å². The van der Waals surface area contributed by atoms with Crippen LogP contribution in [0.25, 0.3) is 0 Å². The standard InChI is InChI=1S/C18H33N/c1-18(2,3)16-10-7-11-17(13-12-16)19-14-15-8-5-4-6-9-15/h4-5,15-17,19H,6-14H2,1-3H3. The first-order valence-electron chi connectivity index (χ1n) is 8.44. The van der Waals surface area contributed by atoms with Gasteiger partial charge in [0.25, 0.3) is 0 Å². The Balaban J connectivity index is 1.72. The summed E-state index contributed by atoms with van der Waals surface area (Å²) in [5.41, 5.74) is 0.503. The van der Waals surface area contributed by atoms with E-state index in [0.29, 0.717) is 5.41 Å². The fourth-order valence-corrected chi connectivity index (χ4v) is 3.75. The van der Waals surface area contributed by atoms with Gasteiger partial charge in [0, 0.05) is 6.04 Å². The van der Waals surface area contributed by atoms with Crippen LogP contribution in [0.4, 0.5) is 0 Å². The molecule has 0 saturated heterocycles. The molecule has 0 spiro atoms. The van der Waals surface area contributed by atoms with Crippen LogP contribution in [0.3, 0.4) is 0 Å². The minimum absolute atomic E-state index is 0.503. The quantitative estimate of drug-likeness (QED) is 0.562. The van der Waals surface area contributed by atoms with Gasteiger partial charge in [0.15, 0.2) is 0 Å². The second-order valence-corrected chi connectivity index (χ2v) is 7.83. The molecule has 1 N–H and O–H groups in total. The molecule has 0 aromatic rings. The second kappa shape index (κ2) is 6.92. The molecule has 19 heavy (non-hydrogen) atoms. The summed E-state index contributed by atoms with van der Waals surface area (Å²) < 4.78 is 0. The molecule has 0 bridgehead atoms. The van der Waals surface area contributed by atoms with Crippen molar-refractivity contribution in [2.24, 2.45) is 17.3 Å². The molecule has 1 fully saturated rings. The van der Waals surface area contributed by atoms with Crippen molar-refractivity contribution in [3.8, 4) is 0 Å². The average molecular weight is 263 g/mol. The summed E-state index contributed by atoms with van der Waals surface area (Å²) in [6, 6.07) is 0.790. The third-order valence-electron chi connectivity index (χ3n) is 5.27. The van der Waals surface area contributed by atoms with E-state index in [1.165, 1.54) is 57.9 Å². The van der Waals surface area contributed by atoms with Gasteiger partial charge in [0.2, 0.25) is 0 Å². The predicted molar refractivity (Wildman–Crippen MR) is 84.3 cm³/mol. The minimum atomic E-state index is 0.503. The molecule has 2 rings (SSSR count). The van der Waals surface area contributed by atoms with Gasteiger partial charge >= 0.3 is 0 Å². The average Bonchev–Trinajstić information content (AvgIpc) is 2.62. The lowest BCUT2D eigenvalue weighted by atomic mass is 9.76. The van der Waals surface area contributed by atoms with Crippen LogP contribution in [0.2, 0.25) is 0 Å². The largest absolute Gasteiger partial charge is 0.314 e. The molecule has 3 unspecified atom stereocenters. The van der Waals surface area contributed by atoms with Crippen LogP contribution in [0.1, 0.15) is 72.1 Å². The number of hydrogen-bond acceptors (Lipinski definition) is 1. The monoisotopic (exact) mass is 263 g/mol. The van der Waals surface area contributed by atoms with Crippen molar-refractivity contribution in [3.05, 3.63) is 12.2 Å². The fourth-order valence-electron chi connectivity index (χ4n) is 3.75. The molecule has 1 heteroatoms. The van der Waals surface area contributed by atoms with Gasteiger partial charge < -0.3 is 5.32 Å². The van der Waals surface area contributed by atoms with Crippen LogP contribution in [-0.2, 0) is 0 Å². The highest BCUT2D eigenvalue weighted by Crippen LogP contribution is 2.36. The summed E-state index contributed by atoms with van der Waals surface area (Å²) >= 11 is 0. The number of rotatable bonds is 3. The van der Waals surface area contributed by atoms with E-state index in [1.54, 1.807) is 0 Å². The van der Waals surface area contributed by atoms with Gasteiger partial charge in [0.1, 0.15) is 0 Å². The van der Waals surface area contributed by atoms with Gasteiger partial charge in [-0.1, -0.05) is 39.3 Å². The van der Waals surface area contributed by atoms with E-state index < -0.39 is 0 Å². The lowest BCUT2D eigenvalue weighted by Crippen LogP contribution is -2.33. The molecule has 110 valence electrons. The molecular formula is C18H33N. The zero-order chi connectivity index (χ0) is 13.7. The third-order valence-corrected chi connectivity index (χ3v) is 5.27. The van der Waals surface area contributed by atoms with Crippen molar-refractivity contribution < 1.29 is 0 Å². The van der Waals surface area contributed by atoms with Gasteiger partial charge in [-0.15, -0.1) is 0 Å². The predicted octanol–water partition coefficient (Wildman–Crippen LogP) is 4.93.